The molecular formula is C11H13NO4S. The second-order valence-corrected chi connectivity index (χ2v) is 5.14. The number of hydrogen-bond donors (Lipinski definition) is 2. The van der Waals surface area contributed by atoms with Crippen molar-refractivity contribution in [3.63, 3.8) is 0 Å². The summed E-state index contributed by atoms with van der Waals surface area (Å²) in [6.45, 7) is 1.04. The summed E-state index contributed by atoms with van der Waals surface area (Å²) >= 11 is 0. The molecule has 1 rings (SSSR count). The van der Waals surface area contributed by atoms with E-state index in [4.69, 9.17) is 5.11 Å². The molecule has 0 saturated carbocycles. The Hall–Kier alpha value is -1.66. The minimum absolute atomic E-state index is 0.108. The summed E-state index contributed by atoms with van der Waals surface area (Å²) in [6.07, 6.45) is 1.15. The highest BCUT2D eigenvalue weighted by molar-refractivity contribution is 7.94. The number of carbonyl (C=O) groups is 1. The fourth-order valence-electron chi connectivity index (χ4n) is 1.18. The lowest BCUT2D eigenvalue weighted by atomic mass is 10.3. The molecule has 0 heterocycles. The summed E-state index contributed by atoms with van der Waals surface area (Å²) in [6, 6.07) is 5.78. The topological polar surface area (TPSA) is 83.5 Å². The van der Waals surface area contributed by atoms with E-state index in [2.05, 4.69) is 5.32 Å². The van der Waals surface area contributed by atoms with Crippen LogP contribution in [0.1, 0.15) is 6.92 Å². The molecule has 92 valence electrons. The third kappa shape index (κ3) is 4.01. The third-order valence-electron chi connectivity index (χ3n) is 1.88. The lowest BCUT2D eigenvalue weighted by Gasteiger charge is -2.03. The summed E-state index contributed by atoms with van der Waals surface area (Å²) < 4.78 is 23.3. The second-order valence-electron chi connectivity index (χ2n) is 3.30. The average Bonchev–Trinajstić information content (AvgIpc) is 2.26. The van der Waals surface area contributed by atoms with Gasteiger partial charge in [0.15, 0.2) is 9.84 Å². The smallest absolute Gasteiger partial charge is 0.221 e. The number of rotatable bonds is 4. The van der Waals surface area contributed by atoms with Crippen molar-refractivity contribution < 1.29 is 18.3 Å². The van der Waals surface area contributed by atoms with Crippen molar-refractivity contribution >= 4 is 21.4 Å². The van der Waals surface area contributed by atoms with E-state index in [1.807, 2.05) is 0 Å². The van der Waals surface area contributed by atoms with Gasteiger partial charge in [-0.05, 0) is 30.3 Å². The standard InChI is InChI=1S/C11H13NO4S/c1-9(14)12-10-3-5-11(6-4-10)17(15,16)8-2-7-13/h2-6,8,13H,7H2,1H3,(H,12,14). The van der Waals surface area contributed by atoms with Crippen molar-refractivity contribution in [2.24, 2.45) is 0 Å². The zero-order valence-electron chi connectivity index (χ0n) is 9.25. The summed E-state index contributed by atoms with van der Waals surface area (Å²) in [5.74, 6) is -0.221. The maximum absolute atomic E-state index is 11.6. The van der Waals surface area contributed by atoms with Gasteiger partial charge >= 0.3 is 0 Å². The predicted molar refractivity (Wildman–Crippen MR) is 64.2 cm³/mol. The van der Waals surface area contributed by atoms with Crippen LogP contribution in [0.2, 0.25) is 0 Å². The highest BCUT2D eigenvalue weighted by atomic mass is 32.2. The van der Waals surface area contributed by atoms with Crippen LogP contribution >= 0.6 is 0 Å². The average molecular weight is 255 g/mol. The Morgan fingerprint density at radius 1 is 1.35 bits per heavy atom. The van der Waals surface area contributed by atoms with Crippen LogP contribution in [0.25, 0.3) is 0 Å². The van der Waals surface area contributed by atoms with Gasteiger partial charge in [0.05, 0.1) is 11.5 Å². The lowest BCUT2D eigenvalue weighted by Crippen LogP contribution is -2.05. The molecule has 0 spiro atoms. The molecule has 0 aromatic heterocycles. The minimum Gasteiger partial charge on any atom is -0.392 e. The van der Waals surface area contributed by atoms with Crippen molar-refractivity contribution in [3.8, 4) is 0 Å². The summed E-state index contributed by atoms with van der Waals surface area (Å²) in [5.41, 5.74) is 0.530. The zero-order valence-corrected chi connectivity index (χ0v) is 10.1. The van der Waals surface area contributed by atoms with Crippen LogP contribution in [-0.2, 0) is 14.6 Å². The Balaban J connectivity index is 2.95. The first kappa shape index (κ1) is 13.4. The molecule has 0 bridgehead atoms. The summed E-state index contributed by atoms with van der Waals surface area (Å²) in [5, 5.41) is 12.0. The molecule has 0 atom stereocenters. The molecule has 2 N–H and O–H groups in total. The molecule has 0 aliphatic heterocycles. The van der Waals surface area contributed by atoms with Crippen molar-refractivity contribution in [3.05, 3.63) is 35.7 Å². The number of aliphatic hydroxyl groups is 1. The number of benzene rings is 1. The third-order valence-corrected chi connectivity index (χ3v) is 3.36. The van der Waals surface area contributed by atoms with Crippen LogP contribution in [0.4, 0.5) is 5.69 Å². The van der Waals surface area contributed by atoms with Gasteiger partial charge in [-0.15, -0.1) is 0 Å². The first-order valence-corrected chi connectivity index (χ1v) is 6.40. The number of hydrogen-bond acceptors (Lipinski definition) is 4. The molecule has 0 fully saturated rings. The molecule has 5 nitrogen and oxygen atoms in total. The van der Waals surface area contributed by atoms with Crippen LogP contribution in [0.3, 0.4) is 0 Å². The van der Waals surface area contributed by atoms with Crippen molar-refractivity contribution in [2.75, 3.05) is 11.9 Å². The Bertz CT molecular complexity index is 517. The summed E-state index contributed by atoms with van der Waals surface area (Å²) in [4.78, 5) is 10.9. The van der Waals surface area contributed by atoms with Gasteiger partial charge in [-0.25, -0.2) is 8.42 Å². The van der Waals surface area contributed by atoms with Crippen LogP contribution in [0, 0.1) is 0 Å². The number of amides is 1. The maximum Gasteiger partial charge on any atom is 0.221 e. The van der Waals surface area contributed by atoms with Crippen molar-refractivity contribution in [1.82, 2.24) is 0 Å². The van der Waals surface area contributed by atoms with E-state index in [-0.39, 0.29) is 17.4 Å². The van der Waals surface area contributed by atoms with Gasteiger partial charge in [-0.1, -0.05) is 0 Å². The van der Waals surface area contributed by atoms with Crippen molar-refractivity contribution in [2.45, 2.75) is 11.8 Å². The lowest BCUT2D eigenvalue weighted by molar-refractivity contribution is -0.114. The normalized spacial score (nSPS) is 11.6. The van der Waals surface area contributed by atoms with Gasteiger partial charge in [0.1, 0.15) is 0 Å². The number of sulfone groups is 1. The number of anilines is 1. The first-order valence-electron chi connectivity index (χ1n) is 4.86. The molecule has 6 heteroatoms. The Morgan fingerprint density at radius 3 is 2.41 bits per heavy atom. The van der Waals surface area contributed by atoms with E-state index in [0.29, 0.717) is 5.69 Å². The Labute approximate surface area is 99.7 Å². The molecule has 0 saturated heterocycles. The molecular weight excluding hydrogens is 242 g/mol. The van der Waals surface area contributed by atoms with E-state index in [0.717, 1.165) is 11.5 Å². The quantitative estimate of drug-likeness (QED) is 0.838. The van der Waals surface area contributed by atoms with Gasteiger partial charge in [-0.2, -0.15) is 0 Å². The molecule has 17 heavy (non-hydrogen) atoms. The molecule has 0 unspecified atom stereocenters. The van der Waals surface area contributed by atoms with E-state index >= 15 is 0 Å². The molecule has 0 aliphatic rings. The van der Waals surface area contributed by atoms with Crippen LogP contribution in [0.15, 0.2) is 40.6 Å². The van der Waals surface area contributed by atoms with Gasteiger partial charge in [-0.3, -0.25) is 4.79 Å². The molecule has 1 aromatic rings. The molecule has 0 radical (unpaired) electrons. The monoisotopic (exact) mass is 255 g/mol. The van der Waals surface area contributed by atoms with Crippen LogP contribution in [-0.4, -0.2) is 26.0 Å². The summed E-state index contributed by atoms with van der Waals surface area (Å²) in [7, 11) is -3.52. The SMILES string of the molecule is CC(=O)Nc1ccc(S(=O)(=O)C=CCO)cc1. The van der Waals surface area contributed by atoms with Gasteiger partial charge in [0.25, 0.3) is 0 Å². The van der Waals surface area contributed by atoms with Gasteiger partial charge < -0.3 is 10.4 Å². The van der Waals surface area contributed by atoms with Gasteiger partial charge in [0.2, 0.25) is 5.91 Å². The van der Waals surface area contributed by atoms with Crippen molar-refractivity contribution in [1.29, 1.82) is 0 Å². The number of nitrogens with one attached hydrogen (secondary N) is 1. The van der Waals surface area contributed by atoms with Crippen LogP contribution < -0.4 is 5.32 Å². The highest BCUT2D eigenvalue weighted by Gasteiger charge is 2.09. The largest absolute Gasteiger partial charge is 0.392 e. The molecule has 0 aliphatic carbocycles. The van der Waals surface area contributed by atoms with E-state index in [1.54, 1.807) is 0 Å². The minimum atomic E-state index is -3.52. The number of carbonyl (C=O) groups excluding carboxylic acids is 1. The fourth-order valence-corrected chi connectivity index (χ4v) is 2.19. The molecule has 1 amide bonds. The first-order chi connectivity index (χ1) is 7.95. The zero-order chi connectivity index (χ0) is 12.9. The fraction of sp³-hybridized carbons (Fsp3) is 0.182. The van der Waals surface area contributed by atoms with E-state index in [1.165, 1.54) is 31.2 Å². The second kappa shape index (κ2) is 5.60. The van der Waals surface area contributed by atoms with E-state index < -0.39 is 9.84 Å². The van der Waals surface area contributed by atoms with E-state index in [9.17, 15) is 13.2 Å². The predicted octanol–water partition coefficient (Wildman–Crippen LogP) is 0.925. The Kier molecular flexibility index (Phi) is 4.42. The maximum atomic E-state index is 11.6. The number of aliphatic hydroxyl groups excluding tert-OH is 1. The van der Waals surface area contributed by atoms with Crippen LogP contribution in [0.5, 0.6) is 0 Å². The molecule has 1 aromatic carbocycles. The Morgan fingerprint density at radius 2 is 1.94 bits per heavy atom. The van der Waals surface area contributed by atoms with Gasteiger partial charge in [0, 0.05) is 18.0 Å². The highest BCUT2D eigenvalue weighted by Crippen LogP contribution is 2.16.